The van der Waals surface area contributed by atoms with Crippen molar-refractivity contribution in [2.75, 3.05) is 0 Å². The first-order chi connectivity index (χ1) is 25.2. The summed E-state index contributed by atoms with van der Waals surface area (Å²) in [6.45, 7) is 1.73. The third-order valence-electron chi connectivity index (χ3n) is 8.12. The lowest BCUT2D eigenvalue weighted by atomic mass is 9.98. The van der Waals surface area contributed by atoms with Crippen molar-refractivity contribution in [3.8, 4) is 23.0 Å². The van der Waals surface area contributed by atoms with Gasteiger partial charge in [0.1, 0.15) is 44.0 Å². The molecule has 0 aromatic heterocycles. The topological polar surface area (TPSA) is 299 Å². The highest BCUT2D eigenvalue weighted by atomic mass is 32.2. The number of sulfonamides is 1. The summed E-state index contributed by atoms with van der Waals surface area (Å²) < 4.78 is 93.0. The van der Waals surface area contributed by atoms with Crippen LogP contribution in [0.4, 0.5) is 22.7 Å². The first-order valence-electron chi connectivity index (χ1n) is 15.2. The van der Waals surface area contributed by atoms with Crippen molar-refractivity contribution in [2.45, 2.75) is 28.0 Å². The summed E-state index contributed by atoms with van der Waals surface area (Å²) in [5.41, 5.74) is 0.112. The van der Waals surface area contributed by atoms with Gasteiger partial charge < -0.3 is 20.4 Å². The first-order valence-corrected chi connectivity index (χ1v) is 19.6. The number of nitrogens with zero attached hydrogens (tertiary/aromatic N) is 4. The fraction of sp³-hybridized carbons (Fsp3) is 0.0588. The fourth-order valence-electron chi connectivity index (χ4n) is 5.53. The van der Waals surface area contributed by atoms with Crippen LogP contribution >= 0.6 is 0 Å². The Morgan fingerprint density at radius 1 is 0.556 bits per heavy atom. The molecule has 17 nitrogen and oxygen atoms in total. The van der Waals surface area contributed by atoms with Crippen LogP contribution in [0, 0.1) is 6.92 Å². The third kappa shape index (κ3) is 7.69. The van der Waals surface area contributed by atoms with Gasteiger partial charge in [0, 0.05) is 10.8 Å². The van der Waals surface area contributed by atoms with Crippen LogP contribution in [-0.4, -0.2) is 54.8 Å². The number of azo groups is 2. The summed E-state index contributed by atoms with van der Waals surface area (Å²) in [7, 11) is -14.2. The predicted molar refractivity (Wildman–Crippen MR) is 194 cm³/mol. The first kappa shape index (κ1) is 37.7. The smallest absolute Gasteiger partial charge is 0.296 e. The quantitative estimate of drug-likeness (QED) is 0.0595. The molecule has 278 valence electrons. The molecule has 54 heavy (non-hydrogen) atoms. The number of rotatable bonds is 9. The van der Waals surface area contributed by atoms with Gasteiger partial charge in [-0.2, -0.15) is 16.8 Å². The number of hydrogen-bond donors (Lipinski definition) is 7. The van der Waals surface area contributed by atoms with Gasteiger partial charge >= 0.3 is 0 Å². The number of hydrogen-bond acceptors (Lipinski definition) is 14. The molecule has 0 radical (unpaired) electrons. The van der Waals surface area contributed by atoms with Crippen LogP contribution in [-0.2, 0) is 36.7 Å². The van der Waals surface area contributed by atoms with Crippen molar-refractivity contribution in [2.24, 2.45) is 25.6 Å². The molecule has 0 heterocycles. The highest BCUT2D eigenvalue weighted by Gasteiger charge is 2.24. The summed E-state index contributed by atoms with van der Waals surface area (Å²) in [6, 6.07) is 18.5. The van der Waals surface area contributed by atoms with Gasteiger partial charge in [-0.25, -0.2) is 13.6 Å². The van der Waals surface area contributed by atoms with E-state index >= 15 is 0 Å². The van der Waals surface area contributed by atoms with E-state index in [2.05, 4.69) is 20.5 Å². The standard InChI is InChI=1S/C34H27N5O12S3/c1-17-2-8-27(40)25(10-17)36-38-31-29(53(46,47)48)14-20-12-18(3-6-23(20)33(31)42)11-19-4-7-24-21(13-19)15-30(54(49,50)51)32(34(24)43)39-37-26-16-22(52(35,44)45)5-9-28(26)41/h2-10,12-16,40-43H,11H2,1H3,(H2,35,44,45)(H,46,47,48)(H,49,50,51). The Kier molecular flexibility index (Phi) is 9.60. The summed E-state index contributed by atoms with van der Waals surface area (Å²) in [4.78, 5) is -2.05. The van der Waals surface area contributed by atoms with Gasteiger partial charge in [-0.05, 0) is 83.3 Å². The van der Waals surface area contributed by atoms with Crippen LogP contribution in [0.5, 0.6) is 23.0 Å². The molecule has 0 fully saturated rings. The number of phenols is 4. The Bertz CT molecular complexity index is 2950. The Hall–Kier alpha value is -6.03. The molecule has 0 aliphatic rings. The van der Waals surface area contributed by atoms with Crippen LogP contribution in [0.25, 0.3) is 21.5 Å². The maximum atomic E-state index is 12.4. The van der Waals surface area contributed by atoms with Gasteiger partial charge in [-0.1, -0.05) is 42.5 Å². The molecule has 6 aromatic carbocycles. The van der Waals surface area contributed by atoms with Crippen molar-refractivity contribution in [1.82, 2.24) is 0 Å². The van der Waals surface area contributed by atoms with Crippen LogP contribution in [0.3, 0.4) is 0 Å². The molecule has 20 heteroatoms. The number of nitrogens with two attached hydrogens (primary N) is 1. The number of benzene rings is 6. The van der Waals surface area contributed by atoms with E-state index in [9.17, 15) is 54.8 Å². The van der Waals surface area contributed by atoms with Gasteiger partial charge in [0.2, 0.25) is 10.0 Å². The Labute approximate surface area is 306 Å². The molecule has 6 rings (SSSR count). The fourth-order valence-corrected chi connectivity index (χ4v) is 7.38. The van der Waals surface area contributed by atoms with E-state index in [0.717, 1.165) is 35.9 Å². The monoisotopic (exact) mass is 793 g/mol. The van der Waals surface area contributed by atoms with E-state index < -0.39 is 79.3 Å². The van der Waals surface area contributed by atoms with Gasteiger partial charge in [0.25, 0.3) is 20.2 Å². The van der Waals surface area contributed by atoms with Gasteiger partial charge in [-0.15, -0.1) is 20.5 Å². The van der Waals surface area contributed by atoms with E-state index in [1.807, 2.05) is 0 Å². The molecule has 0 unspecified atom stereocenters. The van der Waals surface area contributed by atoms with E-state index in [1.165, 1.54) is 36.4 Å². The average molecular weight is 794 g/mol. The van der Waals surface area contributed by atoms with Crippen LogP contribution < -0.4 is 5.14 Å². The van der Waals surface area contributed by atoms with E-state index in [0.29, 0.717) is 11.1 Å². The largest absolute Gasteiger partial charge is 0.506 e. The second-order valence-corrected chi connectivity index (χ2v) is 16.3. The number of primary sulfonamides is 1. The average Bonchev–Trinajstić information content (AvgIpc) is 3.07. The minimum absolute atomic E-state index is 0.00687. The number of aromatic hydroxyl groups is 4. The minimum Gasteiger partial charge on any atom is -0.506 e. The molecule has 0 atom stereocenters. The second-order valence-electron chi connectivity index (χ2n) is 12.0. The summed E-state index contributed by atoms with van der Waals surface area (Å²) in [5.74, 6) is -2.13. The predicted octanol–water partition coefficient (Wildman–Crippen LogP) is 6.69. The Balaban J connectivity index is 1.38. The molecular formula is C34H27N5O12S3. The highest BCUT2D eigenvalue weighted by molar-refractivity contribution is 7.89. The van der Waals surface area contributed by atoms with E-state index in [4.69, 9.17) is 5.14 Å². The molecule has 0 bridgehead atoms. The molecule has 0 aliphatic carbocycles. The maximum absolute atomic E-state index is 12.4. The lowest BCUT2D eigenvalue weighted by Gasteiger charge is -2.12. The van der Waals surface area contributed by atoms with Crippen molar-refractivity contribution < 1.29 is 54.8 Å². The lowest BCUT2D eigenvalue weighted by molar-refractivity contribution is 0.471. The van der Waals surface area contributed by atoms with Crippen molar-refractivity contribution in [3.63, 3.8) is 0 Å². The number of fused-ring (bicyclic) bond motifs is 2. The van der Waals surface area contributed by atoms with Crippen LogP contribution in [0.2, 0.25) is 0 Å². The Morgan fingerprint density at radius 2 is 1.00 bits per heavy atom. The SMILES string of the molecule is Cc1ccc(O)c(N=Nc2c(S(=O)(=O)O)cc3cc(Cc4ccc5c(O)c(N=Nc6cc(S(N)(=O)=O)ccc6O)c(S(=O)(=O)O)cc5c4)ccc3c2O)c1. The van der Waals surface area contributed by atoms with Crippen molar-refractivity contribution in [3.05, 3.63) is 102 Å². The normalized spacial score (nSPS) is 12.7. The van der Waals surface area contributed by atoms with E-state index in [-0.39, 0.29) is 39.4 Å². The molecule has 0 aliphatic heterocycles. The molecule has 0 saturated carbocycles. The number of aryl methyl sites for hydroxylation is 1. The summed E-state index contributed by atoms with van der Waals surface area (Å²) in [6.07, 6.45) is 0.144. The van der Waals surface area contributed by atoms with Gasteiger partial charge in [0.05, 0.1) is 4.90 Å². The minimum atomic E-state index is -5.05. The zero-order chi connectivity index (χ0) is 39.3. The van der Waals surface area contributed by atoms with Gasteiger partial charge in [-0.3, -0.25) is 9.11 Å². The van der Waals surface area contributed by atoms with Gasteiger partial charge in [0.15, 0.2) is 11.5 Å². The summed E-state index contributed by atoms with van der Waals surface area (Å²) in [5, 5.41) is 63.1. The molecule has 0 amide bonds. The van der Waals surface area contributed by atoms with E-state index in [1.54, 1.807) is 25.1 Å². The Morgan fingerprint density at radius 3 is 1.44 bits per heavy atom. The number of phenolic OH excluding ortho intramolecular Hbond substituents is 4. The van der Waals surface area contributed by atoms with Crippen molar-refractivity contribution >= 4 is 74.6 Å². The lowest BCUT2D eigenvalue weighted by Crippen LogP contribution is -2.11. The van der Waals surface area contributed by atoms with Crippen LogP contribution in [0.15, 0.2) is 120 Å². The zero-order valence-electron chi connectivity index (χ0n) is 27.5. The highest BCUT2D eigenvalue weighted by Crippen LogP contribution is 2.44. The molecule has 0 spiro atoms. The zero-order valence-corrected chi connectivity index (χ0v) is 30.0. The third-order valence-corrected chi connectivity index (χ3v) is 10.8. The molecular weight excluding hydrogens is 767 g/mol. The van der Waals surface area contributed by atoms with Crippen LogP contribution in [0.1, 0.15) is 16.7 Å². The second kappa shape index (κ2) is 13.7. The summed E-state index contributed by atoms with van der Waals surface area (Å²) >= 11 is 0. The molecule has 6 aromatic rings. The molecule has 8 N–H and O–H groups in total. The van der Waals surface area contributed by atoms with Crippen molar-refractivity contribution in [1.29, 1.82) is 0 Å². The maximum Gasteiger partial charge on any atom is 0.296 e. The molecule has 0 saturated heterocycles.